The highest BCUT2D eigenvalue weighted by Crippen LogP contribution is 2.29. The lowest BCUT2D eigenvalue weighted by Crippen LogP contribution is -2.40. The normalized spacial score (nSPS) is 19.3. The lowest BCUT2D eigenvalue weighted by molar-refractivity contribution is -0.125. The molecule has 144 valence electrons. The summed E-state index contributed by atoms with van der Waals surface area (Å²) in [7, 11) is 1.69. The Morgan fingerprint density at radius 2 is 2.00 bits per heavy atom. The standard InChI is InChI=1S/C19H23N3O4S/c1-12-11-14(5-8-16(12)26-19-20-9-10-27-19)21-18(24)22-17(23)13-3-6-15(25-2)7-4-13/h5,8-11,13,15H,3-4,6-7H2,1-2H3,(H2,21,22,23,24). The maximum atomic E-state index is 12.3. The van der Waals surface area contributed by atoms with Gasteiger partial charge in [-0.15, -0.1) is 0 Å². The molecule has 3 rings (SSSR count). The molecule has 0 bridgehead atoms. The lowest BCUT2D eigenvalue weighted by atomic mass is 9.87. The molecule has 2 N–H and O–H groups in total. The third-order valence-electron chi connectivity index (χ3n) is 4.65. The number of carbonyl (C=O) groups excluding carboxylic acids is 2. The smallest absolute Gasteiger partial charge is 0.325 e. The number of nitrogens with zero attached hydrogens (tertiary/aromatic N) is 1. The van der Waals surface area contributed by atoms with Gasteiger partial charge in [0.25, 0.3) is 5.19 Å². The van der Waals surface area contributed by atoms with Crippen LogP contribution >= 0.6 is 11.3 Å². The van der Waals surface area contributed by atoms with Crippen LogP contribution in [0.1, 0.15) is 31.2 Å². The van der Waals surface area contributed by atoms with Crippen LogP contribution in [-0.4, -0.2) is 30.1 Å². The Kier molecular flexibility index (Phi) is 6.41. The van der Waals surface area contributed by atoms with E-state index in [1.165, 1.54) is 11.3 Å². The molecule has 1 aliphatic carbocycles. The summed E-state index contributed by atoms with van der Waals surface area (Å²) in [5, 5.41) is 7.52. The summed E-state index contributed by atoms with van der Waals surface area (Å²) in [5.74, 6) is 0.294. The highest BCUT2D eigenvalue weighted by Gasteiger charge is 2.27. The molecule has 1 saturated carbocycles. The van der Waals surface area contributed by atoms with Crippen LogP contribution in [0.4, 0.5) is 10.5 Å². The minimum Gasteiger partial charge on any atom is -0.431 e. The first-order valence-electron chi connectivity index (χ1n) is 8.88. The van der Waals surface area contributed by atoms with Gasteiger partial charge in [-0.1, -0.05) is 11.3 Å². The van der Waals surface area contributed by atoms with Crippen LogP contribution in [0.25, 0.3) is 0 Å². The fourth-order valence-electron chi connectivity index (χ4n) is 3.13. The van der Waals surface area contributed by atoms with Gasteiger partial charge in [0.2, 0.25) is 5.91 Å². The average molecular weight is 389 g/mol. The Morgan fingerprint density at radius 1 is 1.22 bits per heavy atom. The van der Waals surface area contributed by atoms with E-state index in [0.29, 0.717) is 16.6 Å². The van der Waals surface area contributed by atoms with E-state index in [4.69, 9.17) is 9.47 Å². The van der Waals surface area contributed by atoms with Crippen molar-refractivity contribution in [2.75, 3.05) is 12.4 Å². The molecule has 0 spiro atoms. The number of imide groups is 1. The van der Waals surface area contributed by atoms with Crippen LogP contribution < -0.4 is 15.4 Å². The number of methoxy groups -OCH3 is 1. The van der Waals surface area contributed by atoms with Crippen molar-refractivity contribution in [3.8, 4) is 10.9 Å². The van der Waals surface area contributed by atoms with E-state index in [1.807, 2.05) is 12.3 Å². The van der Waals surface area contributed by atoms with Gasteiger partial charge in [0.05, 0.1) is 6.10 Å². The molecule has 1 aromatic heterocycles. The molecule has 1 heterocycles. The van der Waals surface area contributed by atoms with Crippen LogP contribution in [0, 0.1) is 12.8 Å². The predicted molar refractivity (Wildman–Crippen MR) is 103 cm³/mol. The molecule has 1 aliphatic rings. The maximum absolute atomic E-state index is 12.3. The van der Waals surface area contributed by atoms with Crippen molar-refractivity contribution in [3.05, 3.63) is 35.3 Å². The van der Waals surface area contributed by atoms with Crippen molar-refractivity contribution in [2.24, 2.45) is 5.92 Å². The summed E-state index contributed by atoms with van der Waals surface area (Å²) in [6.07, 6.45) is 5.05. The van der Waals surface area contributed by atoms with Gasteiger partial charge in [-0.2, -0.15) is 0 Å². The molecule has 0 saturated heterocycles. The second kappa shape index (κ2) is 8.96. The molecular formula is C19H23N3O4S. The Hall–Kier alpha value is -2.45. The van der Waals surface area contributed by atoms with Gasteiger partial charge in [-0.05, 0) is 56.4 Å². The van der Waals surface area contributed by atoms with Crippen molar-refractivity contribution >= 4 is 29.0 Å². The molecule has 7 nitrogen and oxygen atoms in total. The van der Waals surface area contributed by atoms with E-state index in [2.05, 4.69) is 15.6 Å². The van der Waals surface area contributed by atoms with E-state index in [9.17, 15) is 9.59 Å². The zero-order valence-electron chi connectivity index (χ0n) is 15.4. The van der Waals surface area contributed by atoms with Gasteiger partial charge >= 0.3 is 6.03 Å². The van der Waals surface area contributed by atoms with Gasteiger partial charge < -0.3 is 14.8 Å². The predicted octanol–water partition coefficient (Wildman–Crippen LogP) is 4.10. The van der Waals surface area contributed by atoms with Gasteiger partial charge in [-0.25, -0.2) is 9.78 Å². The van der Waals surface area contributed by atoms with Crippen molar-refractivity contribution in [1.82, 2.24) is 10.3 Å². The molecule has 1 aromatic carbocycles. The molecule has 0 unspecified atom stereocenters. The summed E-state index contributed by atoms with van der Waals surface area (Å²) in [5.41, 5.74) is 1.44. The first kappa shape index (κ1) is 19.3. The highest BCUT2D eigenvalue weighted by molar-refractivity contribution is 7.11. The third kappa shape index (κ3) is 5.27. The number of thiazole rings is 1. The van der Waals surface area contributed by atoms with Crippen LogP contribution in [-0.2, 0) is 9.53 Å². The van der Waals surface area contributed by atoms with Gasteiger partial charge in [0, 0.05) is 30.3 Å². The largest absolute Gasteiger partial charge is 0.431 e. The number of ether oxygens (including phenoxy) is 2. The van der Waals surface area contributed by atoms with E-state index < -0.39 is 6.03 Å². The zero-order valence-corrected chi connectivity index (χ0v) is 16.2. The summed E-state index contributed by atoms with van der Waals surface area (Å²) < 4.78 is 11.0. The topological polar surface area (TPSA) is 89.5 Å². The SMILES string of the molecule is COC1CCC(C(=O)NC(=O)Nc2ccc(Oc3nccs3)c(C)c2)CC1. The first-order valence-corrected chi connectivity index (χ1v) is 9.75. The Morgan fingerprint density at radius 3 is 2.63 bits per heavy atom. The number of hydrogen-bond acceptors (Lipinski definition) is 6. The minimum atomic E-state index is -0.526. The van der Waals surface area contributed by atoms with E-state index in [0.717, 1.165) is 31.2 Å². The zero-order chi connectivity index (χ0) is 19.2. The average Bonchev–Trinajstić information content (AvgIpc) is 3.17. The highest BCUT2D eigenvalue weighted by atomic mass is 32.1. The van der Waals surface area contributed by atoms with E-state index in [1.54, 1.807) is 31.5 Å². The summed E-state index contributed by atoms with van der Waals surface area (Å²) in [6.45, 7) is 1.88. The van der Waals surface area contributed by atoms with Crippen LogP contribution in [0.3, 0.4) is 0 Å². The number of aryl methyl sites for hydroxylation is 1. The Labute approximate surface area is 162 Å². The number of rotatable bonds is 5. The third-order valence-corrected chi connectivity index (χ3v) is 5.30. The molecule has 27 heavy (non-hydrogen) atoms. The number of hydrogen-bond donors (Lipinski definition) is 2. The fourth-order valence-corrected chi connectivity index (χ4v) is 3.63. The van der Waals surface area contributed by atoms with Crippen LogP contribution in [0.15, 0.2) is 29.8 Å². The van der Waals surface area contributed by atoms with Gasteiger partial charge in [0.15, 0.2) is 0 Å². The first-order chi connectivity index (χ1) is 13.0. The molecule has 3 amide bonds. The summed E-state index contributed by atoms with van der Waals surface area (Å²) in [6, 6.07) is 4.75. The second-order valence-corrected chi connectivity index (χ2v) is 7.39. The van der Waals surface area contributed by atoms with Crippen molar-refractivity contribution < 1.29 is 19.1 Å². The summed E-state index contributed by atoms with van der Waals surface area (Å²) in [4.78, 5) is 28.5. The molecule has 0 aliphatic heterocycles. The fraction of sp³-hybridized carbons (Fsp3) is 0.421. The quantitative estimate of drug-likeness (QED) is 0.804. The number of nitrogens with one attached hydrogen (secondary N) is 2. The lowest BCUT2D eigenvalue weighted by Gasteiger charge is -2.26. The van der Waals surface area contributed by atoms with Crippen molar-refractivity contribution in [2.45, 2.75) is 38.7 Å². The molecular weight excluding hydrogens is 366 g/mol. The van der Waals surface area contributed by atoms with Gasteiger partial charge in [-0.3, -0.25) is 10.1 Å². The maximum Gasteiger partial charge on any atom is 0.325 e. The van der Waals surface area contributed by atoms with Crippen LogP contribution in [0.2, 0.25) is 0 Å². The molecule has 8 heteroatoms. The number of amides is 3. The number of aromatic nitrogens is 1. The molecule has 0 atom stereocenters. The molecule has 0 radical (unpaired) electrons. The Bertz CT molecular complexity index is 786. The van der Waals surface area contributed by atoms with Crippen molar-refractivity contribution in [3.63, 3.8) is 0 Å². The number of carbonyl (C=O) groups is 2. The second-order valence-electron chi connectivity index (χ2n) is 6.53. The number of urea groups is 1. The molecule has 2 aromatic rings. The van der Waals surface area contributed by atoms with E-state index >= 15 is 0 Å². The molecule has 1 fully saturated rings. The van der Waals surface area contributed by atoms with Crippen molar-refractivity contribution in [1.29, 1.82) is 0 Å². The van der Waals surface area contributed by atoms with E-state index in [-0.39, 0.29) is 17.9 Å². The Balaban J connectivity index is 1.51. The number of anilines is 1. The minimum absolute atomic E-state index is 0.141. The van der Waals surface area contributed by atoms with Crippen LogP contribution in [0.5, 0.6) is 10.9 Å². The summed E-state index contributed by atoms with van der Waals surface area (Å²) >= 11 is 1.40. The number of benzene rings is 1. The monoisotopic (exact) mass is 389 g/mol. The van der Waals surface area contributed by atoms with Gasteiger partial charge in [0.1, 0.15) is 5.75 Å².